The number of nitro groups is 1. The highest BCUT2D eigenvalue weighted by Gasteiger charge is 2.21. The summed E-state index contributed by atoms with van der Waals surface area (Å²) in [5.74, 6) is -0.592. The van der Waals surface area contributed by atoms with Crippen LogP contribution in [0.2, 0.25) is 0 Å². The highest BCUT2D eigenvalue weighted by molar-refractivity contribution is 8.00. The van der Waals surface area contributed by atoms with Gasteiger partial charge in [0.15, 0.2) is 0 Å². The van der Waals surface area contributed by atoms with E-state index in [1.165, 1.54) is 17.8 Å². The van der Waals surface area contributed by atoms with Crippen LogP contribution in [0.25, 0.3) is 0 Å². The van der Waals surface area contributed by atoms with Crippen molar-refractivity contribution in [3.63, 3.8) is 0 Å². The Balaban J connectivity index is 3.13. The standard InChI is InChI=1S/C11H14FNO3S/c1-6-4-11(17-8(3)7(2)14)10(13(15)16)5-9(6)12/h4-5,7-8,14H,1-3H3. The number of hydrogen-bond donors (Lipinski definition) is 1. The fourth-order valence-corrected chi connectivity index (χ4v) is 2.28. The van der Waals surface area contributed by atoms with Gasteiger partial charge in [-0.2, -0.15) is 0 Å². The van der Waals surface area contributed by atoms with E-state index in [9.17, 15) is 19.6 Å². The number of aryl methyl sites for hydroxylation is 1. The molecule has 4 nitrogen and oxygen atoms in total. The SMILES string of the molecule is Cc1cc(SC(C)C(C)O)c([N+](=O)[O-])cc1F. The molecule has 0 heterocycles. The highest BCUT2D eigenvalue weighted by atomic mass is 32.2. The fraction of sp³-hybridized carbons (Fsp3) is 0.455. The van der Waals surface area contributed by atoms with Crippen LogP contribution < -0.4 is 0 Å². The van der Waals surface area contributed by atoms with E-state index in [0.29, 0.717) is 10.5 Å². The first-order valence-corrected chi connectivity index (χ1v) is 6.00. The molecule has 1 rings (SSSR count). The van der Waals surface area contributed by atoms with Crippen molar-refractivity contribution in [3.05, 3.63) is 33.6 Å². The quantitative estimate of drug-likeness (QED) is 0.513. The molecule has 1 aromatic rings. The minimum atomic E-state index is -0.611. The number of nitrogens with zero attached hydrogens (tertiary/aromatic N) is 1. The Bertz CT molecular complexity index is 437. The van der Waals surface area contributed by atoms with Crippen molar-refractivity contribution in [1.29, 1.82) is 0 Å². The van der Waals surface area contributed by atoms with Gasteiger partial charge in [-0.05, 0) is 25.5 Å². The van der Waals surface area contributed by atoms with Gasteiger partial charge in [0, 0.05) is 5.25 Å². The third-order valence-electron chi connectivity index (χ3n) is 2.43. The number of thioether (sulfide) groups is 1. The number of nitro benzene ring substituents is 1. The van der Waals surface area contributed by atoms with Crippen LogP contribution in [0, 0.1) is 22.9 Å². The molecule has 2 unspecified atom stereocenters. The van der Waals surface area contributed by atoms with Crippen molar-refractivity contribution in [2.75, 3.05) is 0 Å². The van der Waals surface area contributed by atoms with Gasteiger partial charge >= 0.3 is 0 Å². The number of aliphatic hydroxyl groups is 1. The Hall–Kier alpha value is -1.14. The Morgan fingerprint density at radius 3 is 2.53 bits per heavy atom. The summed E-state index contributed by atoms with van der Waals surface area (Å²) >= 11 is 1.17. The molecule has 2 atom stereocenters. The lowest BCUT2D eigenvalue weighted by Crippen LogP contribution is -2.15. The average Bonchev–Trinajstić information content (AvgIpc) is 2.22. The number of hydrogen-bond acceptors (Lipinski definition) is 4. The van der Waals surface area contributed by atoms with Gasteiger partial charge in [-0.3, -0.25) is 10.1 Å². The predicted molar refractivity (Wildman–Crippen MR) is 64.8 cm³/mol. The van der Waals surface area contributed by atoms with Crippen molar-refractivity contribution in [3.8, 4) is 0 Å². The summed E-state index contributed by atoms with van der Waals surface area (Å²) in [5, 5.41) is 20.0. The molecule has 0 bridgehead atoms. The Kier molecular flexibility index (Phi) is 4.47. The topological polar surface area (TPSA) is 63.4 Å². The Morgan fingerprint density at radius 1 is 1.47 bits per heavy atom. The van der Waals surface area contributed by atoms with Crippen molar-refractivity contribution < 1.29 is 14.4 Å². The normalized spacial score (nSPS) is 14.4. The lowest BCUT2D eigenvalue weighted by atomic mass is 10.2. The molecule has 0 amide bonds. The minimum Gasteiger partial charge on any atom is -0.392 e. The van der Waals surface area contributed by atoms with Gasteiger partial charge in [0.2, 0.25) is 0 Å². The summed E-state index contributed by atoms with van der Waals surface area (Å²) < 4.78 is 13.3. The van der Waals surface area contributed by atoms with E-state index in [2.05, 4.69) is 0 Å². The molecule has 0 aliphatic carbocycles. The van der Waals surface area contributed by atoms with Crippen molar-refractivity contribution in [2.24, 2.45) is 0 Å². The predicted octanol–water partition coefficient (Wildman–Crippen LogP) is 2.90. The van der Waals surface area contributed by atoms with Crippen molar-refractivity contribution in [2.45, 2.75) is 37.0 Å². The highest BCUT2D eigenvalue weighted by Crippen LogP contribution is 2.34. The zero-order valence-electron chi connectivity index (χ0n) is 9.81. The summed E-state index contributed by atoms with van der Waals surface area (Å²) in [6, 6.07) is 2.36. The van der Waals surface area contributed by atoms with Crippen LogP contribution >= 0.6 is 11.8 Å². The fourth-order valence-electron chi connectivity index (χ4n) is 1.18. The van der Waals surface area contributed by atoms with Crippen LogP contribution in [-0.2, 0) is 0 Å². The molecule has 17 heavy (non-hydrogen) atoms. The molecule has 0 aromatic heterocycles. The van der Waals surface area contributed by atoms with Gasteiger partial charge in [-0.25, -0.2) is 4.39 Å². The van der Waals surface area contributed by atoms with Gasteiger partial charge in [-0.1, -0.05) is 6.92 Å². The summed E-state index contributed by atoms with van der Waals surface area (Å²) in [7, 11) is 0. The number of aliphatic hydroxyl groups excluding tert-OH is 1. The van der Waals surface area contributed by atoms with Crippen molar-refractivity contribution >= 4 is 17.4 Å². The lowest BCUT2D eigenvalue weighted by Gasteiger charge is -2.14. The zero-order chi connectivity index (χ0) is 13.2. The van der Waals surface area contributed by atoms with E-state index >= 15 is 0 Å². The van der Waals surface area contributed by atoms with Crippen LogP contribution in [0.15, 0.2) is 17.0 Å². The maximum absolute atomic E-state index is 13.3. The van der Waals surface area contributed by atoms with E-state index < -0.39 is 16.8 Å². The molecule has 6 heteroatoms. The van der Waals surface area contributed by atoms with E-state index in [0.717, 1.165) is 6.07 Å². The Labute approximate surface area is 103 Å². The average molecular weight is 259 g/mol. The molecule has 0 aliphatic rings. The smallest absolute Gasteiger partial charge is 0.285 e. The van der Waals surface area contributed by atoms with Gasteiger partial charge in [-0.15, -0.1) is 11.8 Å². The van der Waals surface area contributed by atoms with E-state index in [1.54, 1.807) is 20.8 Å². The molecule has 0 saturated carbocycles. The van der Waals surface area contributed by atoms with Crippen LogP contribution in [0.4, 0.5) is 10.1 Å². The number of rotatable bonds is 4. The molecule has 0 radical (unpaired) electrons. The van der Waals surface area contributed by atoms with Gasteiger partial charge < -0.3 is 5.11 Å². The minimum absolute atomic E-state index is 0.196. The monoisotopic (exact) mass is 259 g/mol. The largest absolute Gasteiger partial charge is 0.392 e. The molecular weight excluding hydrogens is 245 g/mol. The zero-order valence-corrected chi connectivity index (χ0v) is 10.6. The van der Waals surface area contributed by atoms with Crippen LogP contribution in [0.1, 0.15) is 19.4 Å². The molecular formula is C11H14FNO3S. The van der Waals surface area contributed by atoms with E-state index in [-0.39, 0.29) is 10.9 Å². The molecule has 0 spiro atoms. The van der Waals surface area contributed by atoms with Crippen molar-refractivity contribution in [1.82, 2.24) is 0 Å². The third kappa shape index (κ3) is 3.41. The molecule has 1 aromatic carbocycles. The molecule has 0 saturated heterocycles. The second kappa shape index (κ2) is 5.46. The maximum Gasteiger partial charge on any atom is 0.285 e. The van der Waals surface area contributed by atoms with Gasteiger partial charge in [0.25, 0.3) is 5.69 Å². The van der Waals surface area contributed by atoms with E-state index in [1.807, 2.05) is 0 Å². The molecule has 0 fully saturated rings. The first kappa shape index (κ1) is 13.9. The summed E-state index contributed by atoms with van der Waals surface area (Å²) in [5.41, 5.74) is 0.0986. The summed E-state index contributed by atoms with van der Waals surface area (Å²) in [4.78, 5) is 10.6. The maximum atomic E-state index is 13.3. The van der Waals surface area contributed by atoms with Crippen LogP contribution in [0.5, 0.6) is 0 Å². The first-order valence-electron chi connectivity index (χ1n) is 5.12. The summed E-state index contributed by atoms with van der Waals surface area (Å²) in [6.45, 7) is 4.92. The molecule has 0 aliphatic heterocycles. The second-order valence-corrected chi connectivity index (χ2v) is 5.31. The third-order valence-corrected chi connectivity index (χ3v) is 3.78. The summed E-state index contributed by atoms with van der Waals surface area (Å²) in [6.07, 6.45) is -0.593. The van der Waals surface area contributed by atoms with E-state index in [4.69, 9.17) is 0 Å². The van der Waals surface area contributed by atoms with Gasteiger partial charge in [0.1, 0.15) is 5.82 Å². The second-order valence-electron chi connectivity index (χ2n) is 3.89. The Morgan fingerprint density at radius 2 is 2.06 bits per heavy atom. The van der Waals surface area contributed by atoms with Crippen LogP contribution in [-0.4, -0.2) is 21.4 Å². The number of benzene rings is 1. The van der Waals surface area contributed by atoms with Crippen LogP contribution in [0.3, 0.4) is 0 Å². The molecule has 1 N–H and O–H groups in total. The van der Waals surface area contributed by atoms with Gasteiger partial charge in [0.05, 0.1) is 22.0 Å². The number of halogens is 1. The first-order chi connectivity index (χ1) is 7.82. The lowest BCUT2D eigenvalue weighted by molar-refractivity contribution is -0.387. The molecule has 94 valence electrons.